The Kier molecular flexibility index (Phi) is 6.54. The van der Waals surface area contributed by atoms with Crippen molar-refractivity contribution in [3.8, 4) is 11.5 Å². The first-order valence-electron chi connectivity index (χ1n) is 9.20. The van der Waals surface area contributed by atoms with Crippen molar-refractivity contribution in [3.05, 3.63) is 54.1 Å². The number of nitrogens with zero attached hydrogens (tertiary/aromatic N) is 3. The van der Waals surface area contributed by atoms with Gasteiger partial charge in [-0.15, -0.1) is 0 Å². The van der Waals surface area contributed by atoms with Crippen molar-refractivity contribution in [3.63, 3.8) is 0 Å². The first kappa shape index (κ1) is 19.0. The molecule has 0 aliphatic carbocycles. The SMILES string of the molecule is COc1ccc(N2CCN(CC/C(=N\O)c3cccc(OC)c3)CC2)cc1. The highest BCUT2D eigenvalue weighted by Crippen LogP contribution is 2.21. The molecule has 0 bridgehead atoms. The summed E-state index contributed by atoms with van der Waals surface area (Å²) in [5.41, 5.74) is 2.81. The molecule has 144 valence electrons. The van der Waals surface area contributed by atoms with E-state index in [2.05, 4.69) is 27.1 Å². The lowest BCUT2D eigenvalue weighted by molar-refractivity contribution is 0.262. The van der Waals surface area contributed by atoms with Crippen LogP contribution in [0.25, 0.3) is 0 Å². The summed E-state index contributed by atoms with van der Waals surface area (Å²) in [6.45, 7) is 4.81. The predicted molar refractivity (Wildman–Crippen MR) is 108 cm³/mol. The van der Waals surface area contributed by atoms with Crippen LogP contribution in [0.2, 0.25) is 0 Å². The van der Waals surface area contributed by atoms with Crippen molar-refractivity contribution in [2.24, 2.45) is 5.16 Å². The molecule has 0 spiro atoms. The average molecular weight is 369 g/mol. The van der Waals surface area contributed by atoms with Crippen LogP contribution in [0.1, 0.15) is 12.0 Å². The van der Waals surface area contributed by atoms with E-state index in [-0.39, 0.29) is 0 Å². The predicted octanol–water partition coefficient (Wildman–Crippen LogP) is 3.09. The van der Waals surface area contributed by atoms with Gasteiger partial charge in [-0.25, -0.2) is 0 Å². The summed E-state index contributed by atoms with van der Waals surface area (Å²) in [4.78, 5) is 4.80. The molecule has 0 saturated carbocycles. The third-order valence-corrected chi connectivity index (χ3v) is 5.00. The molecule has 6 heteroatoms. The van der Waals surface area contributed by atoms with Gasteiger partial charge in [0, 0.05) is 50.4 Å². The number of benzene rings is 2. The molecule has 1 N–H and O–H groups in total. The normalized spacial score (nSPS) is 15.6. The highest BCUT2D eigenvalue weighted by molar-refractivity contribution is 6.00. The number of rotatable bonds is 7. The highest BCUT2D eigenvalue weighted by atomic mass is 16.5. The Morgan fingerprint density at radius 3 is 2.30 bits per heavy atom. The lowest BCUT2D eigenvalue weighted by atomic mass is 10.1. The Hall–Kier alpha value is -2.73. The maximum atomic E-state index is 9.42. The minimum Gasteiger partial charge on any atom is -0.497 e. The number of hydrogen-bond donors (Lipinski definition) is 1. The van der Waals surface area contributed by atoms with E-state index in [9.17, 15) is 5.21 Å². The molecular weight excluding hydrogens is 342 g/mol. The monoisotopic (exact) mass is 369 g/mol. The molecule has 2 aromatic carbocycles. The van der Waals surface area contributed by atoms with E-state index in [0.29, 0.717) is 12.1 Å². The minimum atomic E-state index is 0.687. The Balaban J connectivity index is 1.51. The van der Waals surface area contributed by atoms with Crippen LogP contribution in [-0.2, 0) is 0 Å². The average Bonchev–Trinajstić information content (AvgIpc) is 2.75. The molecule has 0 aromatic heterocycles. The number of piperazine rings is 1. The Morgan fingerprint density at radius 1 is 0.963 bits per heavy atom. The van der Waals surface area contributed by atoms with E-state index >= 15 is 0 Å². The molecule has 6 nitrogen and oxygen atoms in total. The van der Waals surface area contributed by atoms with Gasteiger partial charge >= 0.3 is 0 Å². The summed E-state index contributed by atoms with van der Waals surface area (Å²) < 4.78 is 10.5. The van der Waals surface area contributed by atoms with Gasteiger partial charge in [-0.05, 0) is 36.4 Å². The standard InChI is InChI=1S/C21H27N3O3/c1-26-19-8-6-18(7-9-19)24-14-12-23(13-15-24)11-10-21(22-25)17-4-3-5-20(16-17)27-2/h3-9,16,25H,10-15H2,1-2H3/b22-21+. The fraction of sp³-hybridized carbons (Fsp3) is 0.381. The first-order valence-corrected chi connectivity index (χ1v) is 9.20. The number of methoxy groups -OCH3 is 2. The zero-order chi connectivity index (χ0) is 19.1. The Labute approximate surface area is 160 Å². The summed E-state index contributed by atoms with van der Waals surface area (Å²) in [6, 6.07) is 15.8. The quantitative estimate of drug-likeness (QED) is 0.462. The molecule has 0 amide bonds. The van der Waals surface area contributed by atoms with Crippen LogP contribution in [0.3, 0.4) is 0 Å². The van der Waals surface area contributed by atoms with Gasteiger partial charge < -0.3 is 19.6 Å². The summed E-state index contributed by atoms with van der Waals surface area (Å²) in [7, 11) is 3.32. The molecule has 1 saturated heterocycles. The van der Waals surface area contributed by atoms with E-state index in [1.165, 1.54) is 5.69 Å². The van der Waals surface area contributed by atoms with Crippen molar-refractivity contribution in [1.29, 1.82) is 0 Å². The van der Waals surface area contributed by atoms with Crippen LogP contribution in [0.5, 0.6) is 11.5 Å². The van der Waals surface area contributed by atoms with Gasteiger partial charge in [-0.2, -0.15) is 0 Å². The summed E-state index contributed by atoms with van der Waals surface area (Å²) >= 11 is 0. The van der Waals surface area contributed by atoms with Gasteiger partial charge in [0.1, 0.15) is 11.5 Å². The highest BCUT2D eigenvalue weighted by Gasteiger charge is 2.18. The molecule has 0 unspecified atom stereocenters. The molecule has 27 heavy (non-hydrogen) atoms. The van der Waals surface area contributed by atoms with E-state index in [1.54, 1.807) is 14.2 Å². The Bertz CT molecular complexity index is 754. The van der Waals surface area contributed by atoms with Crippen LogP contribution in [-0.4, -0.2) is 62.8 Å². The van der Waals surface area contributed by atoms with Gasteiger partial charge in [0.2, 0.25) is 0 Å². The van der Waals surface area contributed by atoms with Crippen LogP contribution in [0.4, 0.5) is 5.69 Å². The van der Waals surface area contributed by atoms with Crippen molar-refractivity contribution in [2.45, 2.75) is 6.42 Å². The number of hydrogen-bond acceptors (Lipinski definition) is 6. The number of anilines is 1. The van der Waals surface area contributed by atoms with Gasteiger partial charge in [0.05, 0.1) is 19.9 Å². The van der Waals surface area contributed by atoms with E-state index < -0.39 is 0 Å². The van der Waals surface area contributed by atoms with Crippen molar-refractivity contribution in [1.82, 2.24) is 4.90 Å². The molecule has 0 radical (unpaired) electrons. The smallest absolute Gasteiger partial charge is 0.119 e. The topological polar surface area (TPSA) is 57.5 Å². The van der Waals surface area contributed by atoms with Crippen LogP contribution in [0, 0.1) is 0 Å². The summed E-state index contributed by atoms with van der Waals surface area (Å²) in [6.07, 6.45) is 0.701. The molecular formula is C21H27N3O3. The van der Waals surface area contributed by atoms with Crippen LogP contribution >= 0.6 is 0 Å². The maximum absolute atomic E-state index is 9.42. The maximum Gasteiger partial charge on any atom is 0.119 e. The zero-order valence-corrected chi connectivity index (χ0v) is 16.0. The summed E-state index contributed by atoms with van der Waals surface area (Å²) in [5.74, 6) is 1.65. The second-order valence-corrected chi connectivity index (χ2v) is 6.56. The second-order valence-electron chi connectivity index (χ2n) is 6.56. The number of oxime groups is 1. The molecule has 0 atom stereocenters. The van der Waals surface area contributed by atoms with Crippen molar-refractivity contribution < 1.29 is 14.7 Å². The Morgan fingerprint density at radius 2 is 1.67 bits per heavy atom. The van der Waals surface area contributed by atoms with Crippen molar-refractivity contribution >= 4 is 11.4 Å². The molecule has 1 heterocycles. The zero-order valence-electron chi connectivity index (χ0n) is 16.0. The first-order chi connectivity index (χ1) is 13.2. The molecule has 1 fully saturated rings. The number of ether oxygens (including phenoxy) is 2. The van der Waals surface area contributed by atoms with Crippen LogP contribution < -0.4 is 14.4 Å². The minimum absolute atomic E-state index is 0.687. The lowest BCUT2D eigenvalue weighted by Gasteiger charge is -2.36. The van der Waals surface area contributed by atoms with E-state index in [0.717, 1.165) is 49.8 Å². The lowest BCUT2D eigenvalue weighted by Crippen LogP contribution is -2.46. The third kappa shape index (κ3) is 4.92. The molecule has 3 rings (SSSR count). The molecule has 1 aliphatic rings. The third-order valence-electron chi connectivity index (χ3n) is 5.00. The van der Waals surface area contributed by atoms with Gasteiger partial charge in [0.25, 0.3) is 0 Å². The second kappa shape index (κ2) is 9.28. The van der Waals surface area contributed by atoms with Gasteiger partial charge in [0.15, 0.2) is 0 Å². The molecule has 1 aliphatic heterocycles. The fourth-order valence-corrected chi connectivity index (χ4v) is 3.34. The van der Waals surface area contributed by atoms with Gasteiger partial charge in [-0.3, -0.25) is 4.90 Å². The van der Waals surface area contributed by atoms with Crippen molar-refractivity contribution in [2.75, 3.05) is 51.8 Å². The largest absolute Gasteiger partial charge is 0.497 e. The van der Waals surface area contributed by atoms with Crippen LogP contribution in [0.15, 0.2) is 53.7 Å². The fourth-order valence-electron chi connectivity index (χ4n) is 3.34. The molecule has 2 aromatic rings. The van der Waals surface area contributed by atoms with Gasteiger partial charge in [-0.1, -0.05) is 17.3 Å². The summed E-state index contributed by atoms with van der Waals surface area (Å²) in [5, 5.41) is 12.9. The van der Waals surface area contributed by atoms with E-state index in [4.69, 9.17) is 9.47 Å². The van der Waals surface area contributed by atoms with E-state index in [1.807, 2.05) is 36.4 Å².